The standard InChI is InChI=1S/C18H34N4O2/c1-4-19-17(21-14-7-9-15(23)10-8-14)20-13-18(11-5-6-12-18)16(24)22(2)3/h14-15,23H,4-13H2,1-3H3,(H2,19,20,21). The lowest BCUT2D eigenvalue weighted by molar-refractivity contribution is -0.138. The summed E-state index contributed by atoms with van der Waals surface area (Å²) in [4.78, 5) is 19.1. The Labute approximate surface area is 146 Å². The van der Waals surface area contributed by atoms with Crippen LogP contribution in [0.2, 0.25) is 0 Å². The topological polar surface area (TPSA) is 77.0 Å². The van der Waals surface area contributed by atoms with Crippen LogP contribution in [0.3, 0.4) is 0 Å². The molecular weight excluding hydrogens is 304 g/mol. The Balaban J connectivity index is 2.01. The number of nitrogens with zero attached hydrogens (tertiary/aromatic N) is 2. The molecule has 138 valence electrons. The van der Waals surface area contributed by atoms with E-state index in [1.54, 1.807) is 4.90 Å². The van der Waals surface area contributed by atoms with Gasteiger partial charge >= 0.3 is 0 Å². The molecule has 0 radical (unpaired) electrons. The SMILES string of the molecule is CCNC(=NCC1(C(=O)N(C)C)CCCC1)NC1CCC(O)CC1. The van der Waals surface area contributed by atoms with Crippen LogP contribution >= 0.6 is 0 Å². The van der Waals surface area contributed by atoms with E-state index < -0.39 is 0 Å². The summed E-state index contributed by atoms with van der Waals surface area (Å²) in [6, 6.07) is 0.357. The lowest BCUT2D eigenvalue weighted by Crippen LogP contribution is -2.46. The molecule has 0 aromatic heterocycles. The van der Waals surface area contributed by atoms with Gasteiger partial charge in [0.1, 0.15) is 0 Å². The fourth-order valence-electron chi connectivity index (χ4n) is 3.93. The maximum Gasteiger partial charge on any atom is 0.230 e. The Hall–Kier alpha value is -1.30. The molecule has 0 heterocycles. The number of aliphatic hydroxyl groups is 1. The Morgan fingerprint density at radius 2 is 1.83 bits per heavy atom. The summed E-state index contributed by atoms with van der Waals surface area (Å²) in [5.41, 5.74) is -0.325. The maximum atomic E-state index is 12.7. The molecule has 1 amide bonds. The van der Waals surface area contributed by atoms with Crippen molar-refractivity contribution in [2.45, 2.75) is 70.4 Å². The molecular formula is C18H34N4O2. The van der Waals surface area contributed by atoms with Crippen LogP contribution in [-0.2, 0) is 4.79 Å². The van der Waals surface area contributed by atoms with Gasteiger partial charge in [0.25, 0.3) is 0 Å². The minimum Gasteiger partial charge on any atom is -0.393 e. The summed E-state index contributed by atoms with van der Waals surface area (Å²) in [6.07, 6.45) is 7.56. The second kappa shape index (κ2) is 8.70. The fourth-order valence-corrected chi connectivity index (χ4v) is 3.93. The highest BCUT2D eigenvalue weighted by Gasteiger charge is 2.42. The monoisotopic (exact) mass is 338 g/mol. The lowest BCUT2D eigenvalue weighted by Gasteiger charge is -2.30. The molecule has 0 aliphatic heterocycles. The minimum atomic E-state index is -0.325. The van der Waals surface area contributed by atoms with E-state index in [1.807, 2.05) is 14.1 Å². The van der Waals surface area contributed by atoms with Crippen LogP contribution in [0.1, 0.15) is 58.3 Å². The molecule has 0 bridgehead atoms. The largest absolute Gasteiger partial charge is 0.393 e. The van der Waals surface area contributed by atoms with Crippen molar-refractivity contribution < 1.29 is 9.90 Å². The van der Waals surface area contributed by atoms with Crippen molar-refractivity contribution in [3.63, 3.8) is 0 Å². The molecule has 2 aliphatic rings. The Morgan fingerprint density at radius 3 is 2.38 bits per heavy atom. The van der Waals surface area contributed by atoms with E-state index in [9.17, 15) is 9.90 Å². The third kappa shape index (κ3) is 4.85. The van der Waals surface area contributed by atoms with Crippen molar-refractivity contribution in [1.29, 1.82) is 0 Å². The number of guanidine groups is 1. The number of rotatable bonds is 5. The predicted molar refractivity (Wildman–Crippen MR) is 97.0 cm³/mol. The number of hydrogen-bond acceptors (Lipinski definition) is 3. The van der Waals surface area contributed by atoms with Crippen molar-refractivity contribution in [2.24, 2.45) is 10.4 Å². The van der Waals surface area contributed by atoms with E-state index in [0.29, 0.717) is 12.6 Å². The summed E-state index contributed by atoms with van der Waals surface area (Å²) in [5.74, 6) is 1.01. The van der Waals surface area contributed by atoms with Crippen LogP contribution in [0.4, 0.5) is 0 Å². The third-order valence-electron chi connectivity index (χ3n) is 5.34. The smallest absolute Gasteiger partial charge is 0.230 e. The van der Waals surface area contributed by atoms with Crippen LogP contribution < -0.4 is 10.6 Å². The summed E-state index contributed by atoms with van der Waals surface area (Å²) in [7, 11) is 3.67. The molecule has 24 heavy (non-hydrogen) atoms. The first-order chi connectivity index (χ1) is 11.5. The zero-order valence-corrected chi connectivity index (χ0v) is 15.5. The van der Waals surface area contributed by atoms with E-state index in [1.165, 1.54) is 0 Å². The average Bonchev–Trinajstić information content (AvgIpc) is 3.04. The van der Waals surface area contributed by atoms with Gasteiger partial charge in [-0.3, -0.25) is 9.79 Å². The van der Waals surface area contributed by atoms with Gasteiger partial charge in [0.15, 0.2) is 5.96 Å². The maximum absolute atomic E-state index is 12.7. The van der Waals surface area contributed by atoms with Crippen molar-refractivity contribution in [3.8, 4) is 0 Å². The van der Waals surface area contributed by atoms with Crippen LogP contribution in [0.15, 0.2) is 4.99 Å². The first-order valence-corrected chi connectivity index (χ1v) is 9.41. The zero-order valence-electron chi connectivity index (χ0n) is 15.5. The van der Waals surface area contributed by atoms with Crippen molar-refractivity contribution >= 4 is 11.9 Å². The van der Waals surface area contributed by atoms with E-state index in [0.717, 1.165) is 63.9 Å². The number of aliphatic imine (C=N–C) groups is 1. The zero-order chi connectivity index (χ0) is 17.6. The lowest BCUT2D eigenvalue weighted by atomic mass is 9.85. The molecule has 0 aromatic rings. The highest BCUT2D eigenvalue weighted by atomic mass is 16.3. The second-order valence-electron chi connectivity index (χ2n) is 7.53. The second-order valence-corrected chi connectivity index (χ2v) is 7.53. The van der Waals surface area contributed by atoms with Gasteiger partial charge in [0.05, 0.1) is 18.1 Å². The summed E-state index contributed by atoms with van der Waals surface area (Å²) < 4.78 is 0. The molecule has 2 fully saturated rings. The summed E-state index contributed by atoms with van der Waals surface area (Å²) in [6.45, 7) is 3.41. The van der Waals surface area contributed by atoms with Crippen molar-refractivity contribution in [3.05, 3.63) is 0 Å². The van der Waals surface area contributed by atoms with Crippen LogP contribution in [0.5, 0.6) is 0 Å². The van der Waals surface area contributed by atoms with Gasteiger partial charge < -0.3 is 20.6 Å². The number of aliphatic hydroxyl groups excluding tert-OH is 1. The fraction of sp³-hybridized carbons (Fsp3) is 0.889. The van der Waals surface area contributed by atoms with E-state index in [-0.39, 0.29) is 17.4 Å². The first-order valence-electron chi connectivity index (χ1n) is 9.41. The molecule has 6 nitrogen and oxygen atoms in total. The van der Waals surface area contributed by atoms with Gasteiger partial charge in [-0.05, 0) is 45.4 Å². The molecule has 0 atom stereocenters. The molecule has 2 rings (SSSR count). The van der Waals surface area contributed by atoms with Gasteiger partial charge in [-0.25, -0.2) is 0 Å². The minimum absolute atomic E-state index is 0.151. The van der Waals surface area contributed by atoms with E-state index in [4.69, 9.17) is 4.99 Å². The van der Waals surface area contributed by atoms with Gasteiger partial charge in [-0.1, -0.05) is 12.8 Å². The number of amides is 1. The number of nitrogens with one attached hydrogen (secondary N) is 2. The third-order valence-corrected chi connectivity index (χ3v) is 5.34. The van der Waals surface area contributed by atoms with Crippen molar-refractivity contribution in [1.82, 2.24) is 15.5 Å². The molecule has 0 spiro atoms. The van der Waals surface area contributed by atoms with Crippen LogP contribution in [-0.4, -0.2) is 61.2 Å². The van der Waals surface area contributed by atoms with Gasteiger partial charge in [-0.2, -0.15) is 0 Å². The quantitative estimate of drug-likeness (QED) is 0.524. The molecule has 2 saturated carbocycles. The highest BCUT2D eigenvalue weighted by Crippen LogP contribution is 2.39. The van der Waals surface area contributed by atoms with Crippen LogP contribution in [0, 0.1) is 5.41 Å². The molecule has 3 N–H and O–H groups in total. The summed E-state index contributed by atoms with van der Waals surface area (Å²) in [5, 5.41) is 16.4. The van der Waals surface area contributed by atoms with Gasteiger partial charge in [0, 0.05) is 26.7 Å². The van der Waals surface area contributed by atoms with E-state index >= 15 is 0 Å². The summed E-state index contributed by atoms with van der Waals surface area (Å²) >= 11 is 0. The van der Waals surface area contributed by atoms with Gasteiger partial charge in [0.2, 0.25) is 5.91 Å². The number of carbonyl (C=O) groups excluding carboxylic acids is 1. The molecule has 6 heteroatoms. The normalized spacial score (nSPS) is 26.9. The highest BCUT2D eigenvalue weighted by molar-refractivity contribution is 5.84. The van der Waals surface area contributed by atoms with E-state index in [2.05, 4.69) is 17.6 Å². The Kier molecular flexibility index (Phi) is 6.90. The Morgan fingerprint density at radius 1 is 1.21 bits per heavy atom. The average molecular weight is 338 g/mol. The Bertz CT molecular complexity index is 436. The molecule has 0 unspecified atom stereocenters. The van der Waals surface area contributed by atoms with Crippen LogP contribution in [0.25, 0.3) is 0 Å². The first kappa shape index (κ1) is 19.0. The molecule has 2 aliphatic carbocycles. The number of hydrogen-bond donors (Lipinski definition) is 3. The van der Waals surface area contributed by atoms with Gasteiger partial charge in [-0.15, -0.1) is 0 Å². The number of carbonyl (C=O) groups is 1. The van der Waals surface area contributed by atoms with Crippen molar-refractivity contribution in [2.75, 3.05) is 27.2 Å². The molecule has 0 saturated heterocycles. The predicted octanol–water partition coefficient (Wildman–Crippen LogP) is 1.49. The molecule has 0 aromatic carbocycles.